The second-order valence-corrected chi connectivity index (χ2v) is 3.58. The molecule has 0 atom stereocenters. The van der Waals surface area contributed by atoms with Gasteiger partial charge in [-0.05, 0) is 23.7 Å². The number of benzene rings is 1. The van der Waals surface area contributed by atoms with E-state index in [9.17, 15) is 0 Å². The largest absolute Gasteiger partial charge is 0.285 e. The summed E-state index contributed by atoms with van der Waals surface area (Å²) in [7, 11) is 0. The predicted molar refractivity (Wildman–Crippen MR) is 59.1 cm³/mol. The van der Waals surface area contributed by atoms with Gasteiger partial charge >= 0.3 is 0 Å². The fourth-order valence-corrected chi connectivity index (χ4v) is 1.45. The second-order valence-electron chi connectivity index (χ2n) is 1.77. The normalized spacial score (nSPS) is 8.69. The molecule has 1 rings (SSSR count). The molecule has 13 heavy (non-hydrogen) atoms. The van der Waals surface area contributed by atoms with E-state index >= 15 is 0 Å². The Kier molecular flexibility index (Phi) is 6.92. The van der Waals surface area contributed by atoms with Crippen LogP contribution in [0.4, 0.5) is 0 Å². The summed E-state index contributed by atoms with van der Waals surface area (Å²) in [5, 5.41) is 1.57. The zero-order valence-electron chi connectivity index (χ0n) is 6.03. The van der Waals surface area contributed by atoms with Crippen molar-refractivity contribution in [2.45, 2.75) is 0 Å². The van der Waals surface area contributed by atoms with Crippen LogP contribution in [-0.4, -0.2) is 5.75 Å². The van der Waals surface area contributed by atoms with Crippen LogP contribution < -0.4 is 0 Å². The third-order valence-electron chi connectivity index (χ3n) is 0.949. The van der Waals surface area contributed by atoms with Crippen LogP contribution in [0.1, 0.15) is 0 Å². The number of rotatable bonds is 0. The van der Waals surface area contributed by atoms with E-state index in [0.29, 0.717) is 20.1 Å². The van der Waals surface area contributed by atoms with E-state index in [0.717, 1.165) is 0 Å². The van der Waals surface area contributed by atoms with Crippen molar-refractivity contribution in [2.75, 3.05) is 0 Å². The highest BCUT2D eigenvalue weighted by molar-refractivity contribution is 6.54. The minimum atomic E-state index is 0.222. The molecule has 0 amide bonds. The first-order valence-corrected chi connectivity index (χ1v) is 4.81. The Morgan fingerprint density at radius 2 is 1.31 bits per heavy atom. The van der Waals surface area contributed by atoms with E-state index in [-0.39, 0.29) is 5.75 Å². The van der Waals surface area contributed by atoms with Crippen molar-refractivity contribution < 1.29 is 4.79 Å². The molecule has 1 aromatic carbocycles. The Hall–Kier alpha value is 0.340. The number of hydrogen-bond acceptors (Lipinski definition) is 1. The lowest BCUT2D eigenvalue weighted by atomic mass is 10.4. The third kappa shape index (κ3) is 4.94. The van der Waals surface area contributed by atoms with E-state index in [2.05, 4.69) is 11.6 Å². The first-order chi connectivity index (χ1) is 6.02. The Bertz CT molecular complexity index is 276. The van der Waals surface area contributed by atoms with Crippen LogP contribution in [0.25, 0.3) is 0 Å². The molecule has 0 unspecified atom stereocenters. The molecule has 0 saturated heterocycles. The first-order valence-electron chi connectivity index (χ1n) is 2.86. The van der Waals surface area contributed by atoms with Crippen LogP contribution in [0.2, 0.25) is 20.1 Å². The molecule has 1 aromatic rings. The molecule has 0 spiro atoms. The molecule has 0 N–H and O–H groups in total. The molecule has 1 nitrogen and oxygen atoms in total. The molecular weight excluding hydrogens is 277 g/mol. The molecule has 0 aromatic heterocycles. The summed E-state index contributed by atoms with van der Waals surface area (Å²) in [5.41, 5.74) is 0. The first kappa shape index (κ1) is 13.3. The molecule has 0 aliphatic carbocycles. The lowest BCUT2D eigenvalue weighted by Crippen LogP contribution is -1.71. The van der Waals surface area contributed by atoms with Crippen LogP contribution in [0.15, 0.2) is 12.1 Å². The summed E-state index contributed by atoms with van der Waals surface area (Å²) in [6.45, 7) is 0. The highest BCUT2D eigenvalue weighted by Crippen LogP contribution is 2.32. The zero-order chi connectivity index (χ0) is 10.4. The van der Waals surface area contributed by atoms with Gasteiger partial charge < -0.3 is 0 Å². The summed E-state index contributed by atoms with van der Waals surface area (Å²) in [6, 6.07) is 3.08. The maximum absolute atomic E-state index is 8.57. The van der Waals surface area contributed by atoms with Crippen LogP contribution in [0.5, 0.6) is 0 Å². The quantitative estimate of drug-likeness (QED) is 0.291. The van der Waals surface area contributed by atoms with Crippen LogP contribution >= 0.6 is 58.0 Å². The van der Waals surface area contributed by atoms with Gasteiger partial charge in [0.05, 0.1) is 15.1 Å². The van der Waals surface area contributed by atoms with Crippen LogP contribution in [-0.2, 0) is 4.79 Å². The van der Waals surface area contributed by atoms with E-state index < -0.39 is 0 Å². The topological polar surface area (TPSA) is 17.1 Å². The predicted octanol–water partition coefficient (Wildman–Crippen LogP) is 4.72. The summed E-state index contributed by atoms with van der Waals surface area (Å²) in [4.78, 5) is 8.57. The molecule has 0 fully saturated rings. The number of carbonyl (C=O) groups is 1. The summed E-state index contributed by atoms with van der Waals surface area (Å²) < 4.78 is 0. The van der Waals surface area contributed by atoms with Gasteiger partial charge in [-0.25, -0.2) is 0 Å². The van der Waals surface area contributed by atoms with E-state index in [1.807, 2.05) is 0 Å². The maximum Gasteiger partial charge on any atom is 0.208 e. The second kappa shape index (κ2) is 6.74. The summed E-state index contributed by atoms with van der Waals surface area (Å²) >= 11 is 26.8. The van der Waals surface area contributed by atoms with Gasteiger partial charge in [-0.1, -0.05) is 46.4 Å². The molecular formula is C7H3Cl5O. The Morgan fingerprint density at radius 3 is 1.62 bits per heavy atom. The molecule has 0 aliphatic heterocycles. The van der Waals surface area contributed by atoms with Crippen molar-refractivity contribution in [1.82, 2.24) is 0 Å². The maximum atomic E-state index is 8.57. The molecule has 0 radical (unpaired) electrons. The van der Waals surface area contributed by atoms with Crippen molar-refractivity contribution in [3.8, 4) is 0 Å². The lowest BCUT2D eigenvalue weighted by molar-refractivity contribution is 0.569. The van der Waals surface area contributed by atoms with E-state index in [1.165, 1.54) is 12.1 Å². The van der Waals surface area contributed by atoms with Crippen molar-refractivity contribution in [1.29, 1.82) is 0 Å². The third-order valence-corrected chi connectivity index (χ3v) is 2.36. The van der Waals surface area contributed by atoms with Gasteiger partial charge in [0.1, 0.15) is 0 Å². The number of halogens is 5. The zero-order valence-corrected chi connectivity index (χ0v) is 9.81. The Balaban J connectivity index is 0.000000424. The van der Waals surface area contributed by atoms with Crippen molar-refractivity contribution >= 4 is 63.8 Å². The van der Waals surface area contributed by atoms with Gasteiger partial charge in [-0.15, -0.1) is 0 Å². The number of carbonyl (C=O) groups excluding carboxylic acids is 1. The van der Waals surface area contributed by atoms with Gasteiger partial charge in [0.2, 0.25) is 5.75 Å². The molecule has 0 heterocycles. The minimum Gasteiger partial charge on any atom is -0.285 e. The minimum absolute atomic E-state index is 0.222. The molecule has 0 aliphatic rings. The average Bonchev–Trinajstić information content (AvgIpc) is 2.01. The summed E-state index contributed by atoms with van der Waals surface area (Å²) in [6.07, 6.45) is 0. The van der Waals surface area contributed by atoms with Gasteiger partial charge in [-0.2, -0.15) is 0 Å². The smallest absolute Gasteiger partial charge is 0.208 e. The SMILES string of the molecule is Clc1cc(Cl)c(Cl)c(Cl)c1.O=CCl. The van der Waals surface area contributed by atoms with Crippen LogP contribution in [0.3, 0.4) is 0 Å². The van der Waals surface area contributed by atoms with Crippen molar-refractivity contribution in [3.63, 3.8) is 0 Å². The fraction of sp³-hybridized carbons (Fsp3) is 0. The highest BCUT2D eigenvalue weighted by atomic mass is 35.5. The molecule has 72 valence electrons. The standard InChI is InChI=1S/C6H2Cl4.CHClO/c7-3-1-4(8)6(10)5(9)2-3;2-1-3/h1-2H;1H. The van der Waals surface area contributed by atoms with Gasteiger partial charge in [0.15, 0.2) is 0 Å². The fourth-order valence-electron chi connectivity index (χ4n) is 0.525. The van der Waals surface area contributed by atoms with Crippen LogP contribution in [0, 0.1) is 0 Å². The van der Waals surface area contributed by atoms with Crippen molar-refractivity contribution in [2.24, 2.45) is 0 Å². The van der Waals surface area contributed by atoms with E-state index in [1.54, 1.807) is 0 Å². The van der Waals surface area contributed by atoms with Gasteiger partial charge in [0, 0.05) is 5.02 Å². The average molecular weight is 280 g/mol. The Morgan fingerprint density at radius 1 is 1.00 bits per heavy atom. The monoisotopic (exact) mass is 278 g/mol. The molecule has 6 heteroatoms. The molecule has 0 bridgehead atoms. The summed E-state index contributed by atoms with van der Waals surface area (Å²) in [5.74, 6) is 0.222. The molecule has 0 saturated carbocycles. The van der Waals surface area contributed by atoms with Gasteiger partial charge in [0.25, 0.3) is 0 Å². The van der Waals surface area contributed by atoms with E-state index in [4.69, 9.17) is 51.2 Å². The van der Waals surface area contributed by atoms with Gasteiger partial charge in [-0.3, -0.25) is 4.79 Å². The number of hydrogen-bond donors (Lipinski definition) is 0. The van der Waals surface area contributed by atoms with Crippen molar-refractivity contribution in [3.05, 3.63) is 32.2 Å². The Labute approximate surface area is 100 Å². The lowest BCUT2D eigenvalue weighted by Gasteiger charge is -1.97. The highest BCUT2D eigenvalue weighted by Gasteiger charge is 2.03.